The van der Waals surface area contributed by atoms with E-state index >= 15 is 0 Å². The van der Waals surface area contributed by atoms with Crippen molar-refractivity contribution in [1.82, 2.24) is 10.6 Å². The lowest BCUT2D eigenvalue weighted by atomic mass is 10.2. The van der Waals surface area contributed by atoms with Gasteiger partial charge in [-0.05, 0) is 19.1 Å². The van der Waals surface area contributed by atoms with Crippen LogP contribution in [-0.4, -0.2) is 31.1 Å². The Balaban J connectivity index is 2.35. The van der Waals surface area contributed by atoms with E-state index in [1.165, 1.54) is 0 Å². The lowest BCUT2D eigenvalue weighted by Gasteiger charge is -2.05. The van der Waals surface area contributed by atoms with Gasteiger partial charge >= 0.3 is 6.09 Å². The molecular formula is C12H14N2O4. The molecule has 6 heteroatoms. The van der Waals surface area contributed by atoms with Crippen molar-refractivity contribution in [2.45, 2.75) is 6.92 Å². The first kappa shape index (κ1) is 13.7. The van der Waals surface area contributed by atoms with Crippen LogP contribution >= 0.6 is 0 Å². The van der Waals surface area contributed by atoms with Crippen LogP contribution in [0.2, 0.25) is 0 Å². The Bertz CT molecular complexity index is 431. The summed E-state index contributed by atoms with van der Waals surface area (Å²) in [5, 5.41) is 4.36. The summed E-state index contributed by atoms with van der Waals surface area (Å²) in [6.45, 7) is 1.52. The van der Waals surface area contributed by atoms with Gasteiger partial charge in [-0.3, -0.25) is 14.9 Å². The molecule has 0 unspecified atom stereocenters. The number of nitrogens with one attached hydrogen (secondary N) is 2. The second-order valence-corrected chi connectivity index (χ2v) is 3.32. The van der Waals surface area contributed by atoms with Gasteiger partial charge in [0.1, 0.15) is 0 Å². The molecule has 0 bridgehead atoms. The van der Waals surface area contributed by atoms with Crippen molar-refractivity contribution in [3.8, 4) is 0 Å². The first-order valence-electron chi connectivity index (χ1n) is 5.43. The first-order valence-corrected chi connectivity index (χ1v) is 5.43. The summed E-state index contributed by atoms with van der Waals surface area (Å²) in [6, 6.07) is 8.46. The molecule has 18 heavy (non-hydrogen) atoms. The van der Waals surface area contributed by atoms with Crippen LogP contribution in [0.1, 0.15) is 17.3 Å². The third kappa shape index (κ3) is 4.65. The predicted molar refractivity (Wildman–Crippen MR) is 63.9 cm³/mol. The van der Waals surface area contributed by atoms with Crippen molar-refractivity contribution in [3.05, 3.63) is 35.9 Å². The van der Waals surface area contributed by atoms with E-state index < -0.39 is 12.0 Å². The second kappa shape index (κ2) is 7.05. The number of benzene rings is 1. The predicted octanol–water partition coefficient (Wildman–Crippen LogP) is 0.689. The van der Waals surface area contributed by atoms with E-state index in [0.29, 0.717) is 5.56 Å². The van der Waals surface area contributed by atoms with E-state index in [9.17, 15) is 14.4 Å². The highest BCUT2D eigenvalue weighted by molar-refractivity contribution is 5.98. The highest BCUT2D eigenvalue weighted by Crippen LogP contribution is 1.97. The van der Waals surface area contributed by atoms with E-state index in [0.717, 1.165) is 0 Å². The van der Waals surface area contributed by atoms with E-state index in [1.54, 1.807) is 37.3 Å². The molecular weight excluding hydrogens is 236 g/mol. The zero-order valence-corrected chi connectivity index (χ0v) is 9.93. The minimum absolute atomic E-state index is 0.176. The Morgan fingerprint density at radius 2 is 1.83 bits per heavy atom. The highest BCUT2D eigenvalue weighted by atomic mass is 16.5. The summed E-state index contributed by atoms with van der Waals surface area (Å²) >= 11 is 0. The summed E-state index contributed by atoms with van der Waals surface area (Å²) in [5.41, 5.74) is 0.446. The average molecular weight is 250 g/mol. The van der Waals surface area contributed by atoms with Gasteiger partial charge in [-0.2, -0.15) is 0 Å². The Hall–Kier alpha value is -2.37. The summed E-state index contributed by atoms with van der Waals surface area (Å²) in [4.78, 5) is 33.7. The van der Waals surface area contributed by atoms with Crippen LogP contribution in [0.4, 0.5) is 4.79 Å². The van der Waals surface area contributed by atoms with Crippen molar-refractivity contribution < 1.29 is 19.1 Å². The van der Waals surface area contributed by atoms with Crippen molar-refractivity contribution in [2.24, 2.45) is 0 Å². The number of alkyl carbamates (subject to hydrolysis) is 1. The number of carbonyl (C=O) groups excluding carboxylic acids is 3. The Morgan fingerprint density at radius 1 is 1.17 bits per heavy atom. The fourth-order valence-corrected chi connectivity index (χ4v) is 1.18. The van der Waals surface area contributed by atoms with Crippen molar-refractivity contribution in [3.63, 3.8) is 0 Å². The minimum atomic E-state index is -0.823. The Labute approximate surface area is 104 Å². The maximum atomic E-state index is 11.6. The number of amides is 3. The van der Waals surface area contributed by atoms with Gasteiger partial charge in [-0.15, -0.1) is 0 Å². The van der Waals surface area contributed by atoms with Crippen molar-refractivity contribution in [2.75, 3.05) is 13.2 Å². The molecule has 0 heterocycles. The average Bonchev–Trinajstić information content (AvgIpc) is 2.37. The molecule has 1 aromatic carbocycles. The van der Waals surface area contributed by atoms with Gasteiger partial charge in [0.25, 0.3) is 5.91 Å². The molecule has 96 valence electrons. The molecule has 6 nitrogen and oxygen atoms in total. The number of imide groups is 1. The zero-order chi connectivity index (χ0) is 13.4. The smallest absolute Gasteiger partial charge is 0.413 e. The van der Waals surface area contributed by atoms with E-state index in [-0.39, 0.29) is 19.1 Å². The van der Waals surface area contributed by atoms with Crippen LogP contribution < -0.4 is 10.6 Å². The number of hydrogen-bond acceptors (Lipinski definition) is 4. The molecule has 0 radical (unpaired) electrons. The lowest BCUT2D eigenvalue weighted by molar-refractivity contribution is -0.119. The van der Waals surface area contributed by atoms with Crippen LogP contribution in [0.15, 0.2) is 30.3 Å². The number of hydrogen-bond donors (Lipinski definition) is 2. The van der Waals surface area contributed by atoms with Crippen LogP contribution in [-0.2, 0) is 9.53 Å². The van der Waals surface area contributed by atoms with Crippen LogP contribution in [0.25, 0.3) is 0 Å². The van der Waals surface area contributed by atoms with Crippen LogP contribution in [0, 0.1) is 0 Å². The molecule has 3 amide bonds. The monoisotopic (exact) mass is 250 g/mol. The molecule has 1 aromatic rings. The third-order valence-corrected chi connectivity index (χ3v) is 1.96. The summed E-state index contributed by atoms with van der Waals surface area (Å²) in [6.07, 6.45) is -0.823. The second-order valence-electron chi connectivity index (χ2n) is 3.32. The Morgan fingerprint density at radius 3 is 2.44 bits per heavy atom. The van der Waals surface area contributed by atoms with Gasteiger partial charge < -0.3 is 10.1 Å². The number of rotatable bonds is 4. The zero-order valence-electron chi connectivity index (χ0n) is 9.93. The highest BCUT2D eigenvalue weighted by Gasteiger charge is 2.10. The van der Waals surface area contributed by atoms with Gasteiger partial charge in [-0.1, -0.05) is 18.2 Å². The van der Waals surface area contributed by atoms with Crippen LogP contribution in [0.3, 0.4) is 0 Å². The van der Waals surface area contributed by atoms with Crippen LogP contribution in [0.5, 0.6) is 0 Å². The maximum absolute atomic E-state index is 11.6. The van der Waals surface area contributed by atoms with E-state index in [1.807, 2.05) is 5.32 Å². The molecule has 1 rings (SSSR count). The normalized spacial score (nSPS) is 9.39. The molecule has 0 saturated heterocycles. The van der Waals surface area contributed by atoms with Gasteiger partial charge in [0.05, 0.1) is 13.2 Å². The summed E-state index contributed by atoms with van der Waals surface area (Å²) in [5.74, 6) is -1.01. The molecule has 0 aliphatic heterocycles. The molecule has 0 aromatic heterocycles. The number of carbonyl (C=O) groups is 3. The standard InChI is InChI=1S/C12H14N2O4/c1-2-18-12(17)14-10(15)8-13-11(16)9-6-4-3-5-7-9/h3-7H,2,8H2,1H3,(H,13,16)(H,14,15,17). The summed E-state index contributed by atoms with van der Waals surface area (Å²) < 4.78 is 4.52. The lowest BCUT2D eigenvalue weighted by Crippen LogP contribution is -2.40. The molecule has 0 atom stereocenters. The van der Waals surface area contributed by atoms with Crippen molar-refractivity contribution >= 4 is 17.9 Å². The molecule has 0 saturated carbocycles. The third-order valence-electron chi connectivity index (χ3n) is 1.96. The SMILES string of the molecule is CCOC(=O)NC(=O)CNC(=O)c1ccccc1. The fourth-order valence-electron chi connectivity index (χ4n) is 1.18. The van der Waals surface area contributed by atoms with Gasteiger partial charge in [0.15, 0.2) is 0 Å². The Kier molecular flexibility index (Phi) is 5.37. The minimum Gasteiger partial charge on any atom is -0.450 e. The topological polar surface area (TPSA) is 84.5 Å². The van der Waals surface area contributed by atoms with E-state index in [2.05, 4.69) is 10.1 Å². The van der Waals surface area contributed by atoms with Gasteiger partial charge in [0.2, 0.25) is 5.91 Å². The van der Waals surface area contributed by atoms with Gasteiger partial charge in [0, 0.05) is 5.56 Å². The quantitative estimate of drug-likeness (QED) is 0.823. The first-order chi connectivity index (χ1) is 8.63. The molecule has 0 fully saturated rings. The van der Waals surface area contributed by atoms with Crippen molar-refractivity contribution in [1.29, 1.82) is 0 Å². The van der Waals surface area contributed by atoms with Gasteiger partial charge in [-0.25, -0.2) is 4.79 Å². The molecule has 0 aliphatic carbocycles. The van der Waals surface area contributed by atoms with E-state index in [4.69, 9.17) is 0 Å². The maximum Gasteiger partial charge on any atom is 0.413 e. The summed E-state index contributed by atoms with van der Waals surface area (Å²) in [7, 11) is 0. The molecule has 2 N–H and O–H groups in total. The molecule has 0 spiro atoms. The fraction of sp³-hybridized carbons (Fsp3) is 0.250. The molecule has 0 aliphatic rings. The number of ether oxygens (including phenoxy) is 1. The largest absolute Gasteiger partial charge is 0.450 e.